The third kappa shape index (κ3) is 3.75. The van der Waals surface area contributed by atoms with Crippen molar-refractivity contribution in [3.63, 3.8) is 0 Å². The molecule has 0 aliphatic heterocycles. The van der Waals surface area contributed by atoms with Gasteiger partial charge in [-0.1, -0.05) is 22.0 Å². The molecule has 0 unspecified atom stereocenters. The van der Waals surface area contributed by atoms with Gasteiger partial charge in [-0.2, -0.15) is 0 Å². The van der Waals surface area contributed by atoms with Crippen LogP contribution in [0.5, 0.6) is 0 Å². The molecular formula is C22H25BrF2N2. The number of hydrogen-bond acceptors (Lipinski definition) is 2. The van der Waals surface area contributed by atoms with E-state index in [9.17, 15) is 8.78 Å². The molecule has 5 rings (SSSR count). The first-order valence-electron chi connectivity index (χ1n) is 9.65. The monoisotopic (exact) mass is 434 g/mol. The van der Waals surface area contributed by atoms with Crippen molar-refractivity contribution < 1.29 is 8.78 Å². The van der Waals surface area contributed by atoms with E-state index in [1.807, 2.05) is 18.2 Å². The first-order chi connectivity index (χ1) is 12.8. The number of aromatic nitrogens is 1. The van der Waals surface area contributed by atoms with Gasteiger partial charge in [0, 0.05) is 46.5 Å². The third-order valence-electron chi connectivity index (χ3n) is 6.71. The third-order valence-corrected chi connectivity index (χ3v) is 7.20. The number of pyridine rings is 1. The predicted octanol–water partition coefficient (Wildman–Crippen LogP) is 6.66. The second-order valence-corrected chi connectivity index (χ2v) is 9.38. The molecule has 5 heteroatoms. The van der Waals surface area contributed by atoms with Crippen LogP contribution in [-0.4, -0.2) is 11.5 Å². The first-order valence-corrected chi connectivity index (χ1v) is 10.4. The number of nitrogens with one attached hydrogen (secondary N) is 1. The normalized spacial score (nSPS) is 27.6. The molecule has 0 radical (unpaired) electrons. The van der Waals surface area contributed by atoms with E-state index in [-0.39, 0.29) is 11.0 Å². The zero-order valence-electron chi connectivity index (χ0n) is 15.6. The molecule has 0 amide bonds. The van der Waals surface area contributed by atoms with Gasteiger partial charge in [0.25, 0.3) is 5.92 Å². The summed E-state index contributed by atoms with van der Waals surface area (Å²) in [6.45, 7) is 1.92. The SMILES string of the molecule is CC(F)(F)c1ccc(C23CCC(CNc4cccc(Br)c4)(CC2)CC3)nc1. The molecule has 144 valence electrons. The molecule has 3 saturated carbocycles. The van der Waals surface area contributed by atoms with E-state index < -0.39 is 5.92 Å². The number of anilines is 1. The van der Waals surface area contributed by atoms with Crippen molar-refractivity contribution in [2.45, 2.75) is 56.8 Å². The molecule has 1 heterocycles. The highest BCUT2D eigenvalue weighted by Gasteiger charge is 2.49. The van der Waals surface area contributed by atoms with Gasteiger partial charge in [-0.15, -0.1) is 0 Å². The Morgan fingerprint density at radius 3 is 2.33 bits per heavy atom. The van der Waals surface area contributed by atoms with Gasteiger partial charge in [-0.05, 0) is 74.3 Å². The molecule has 3 aliphatic rings. The molecule has 0 spiro atoms. The Morgan fingerprint density at radius 2 is 1.78 bits per heavy atom. The van der Waals surface area contributed by atoms with E-state index >= 15 is 0 Å². The lowest BCUT2D eigenvalue weighted by atomic mass is 9.52. The van der Waals surface area contributed by atoms with Crippen molar-refractivity contribution in [2.75, 3.05) is 11.9 Å². The van der Waals surface area contributed by atoms with E-state index in [0.29, 0.717) is 5.41 Å². The summed E-state index contributed by atoms with van der Waals surface area (Å²) in [5, 5.41) is 3.62. The molecule has 1 N–H and O–H groups in total. The summed E-state index contributed by atoms with van der Waals surface area (Å²) in [5.41, 5.74) is 2.59. The number of hydrogen-bond donors (Lipinski definition) is 1. The number of halogens is 3. The Hall–Kier alpha value is -1.49. The maximum Gasteiger partial charge on any atom is 0.272 e. The minimum Gasteiger partial charge on any atom is -0.384 e. The van der Waals surface area contributed by atoms with Crippen molar-refractivity contribution in [3.8, 4) is 0 Å². The number of benzene rings is 1. The fourth-order valence-corrected chi connectivity index (χ4v) is 5.17. The molecule has 2 bridgehead atoms. The van der Waals surface area contributed by atoms with Crippen LogP contribution in [0.2, 0.25) is 0 Å². The molecule has 1 aromatic carbocycles. The Morgan fingerprint density at radius 1 is 1.07 bits per heavy atom. The Labute approximate surface area is 167 Å². The average molecular weight is 435 g/mol. The lowest BCUT2D eigenvalue weighted by Crippen LogP contribution is -2.47. The Balaban J connectivity index is 1.43. The molecule has 3 fully saturated rings. The summed E-state index contributed by atoms with van der Waals surface area (Å²) >= 11 is 3.52. The number of alkyl halides is 2. The van der Waals surface area contributed by atoms with Crippen LogP contribution in [0.25, 0.3) is 0 Å². The van der Waals surface area contributed by atoms with Crippen molar-refractivity contribution in [1.82, 2.24) is 4.98 Å². The van der Waals surface area contributed by atoms with Crippen LogP contribution in [0, 0.1) is 5.41 Å². The van der Waals surface area contributed by atoms with Crippen molar-refractivity contribution >= 4 is 21.6 Å². The van der Waals surface area contributed by atoms with Crippen molar-refractivity contribution in [2.24, 2.45) is 5.41 Å². The summed E-state index contributed by atoms with van der Waals surface area (Å²) in [7, 11) is 0. The summed E-state index contributed by atoms with van der Waals surface area (Å²) in [6, 6.07) is 11.7. The topological polar surface area (TPSA) is 24.9 Å². The maximum atomic E-state index is 13.5. The smallest absolute Gasteiger partial charge is 0.272 e. The molecular weight excluding hydrogens is 410 g/mol. The van der Waals surface area contributed by atoms with Crippen LogP contribution < -0.4 is 5.32 Å². The zero-order valence-corrected chi connectivity index (χ0v) is 17.2. The number of rotatable bonds is 5. The fourth-order valence-electron chi connectivity index (χ4n) is 4.77. The molecule has 0 saturated heterocycles. The summed E-state index contributed by atoms with van der Waals surface area (Å²) < 4.78 is 28.0. The van der Waals surface area contributed by atoms with Crippen molar-refractivity contribution in [3.05, 3.63) is 58.3 Å². The molecule has 1 aromatic heterocycles. The number of nitrogens with zero attached hydrogens (tertiary/aromatic N) is 1. The highest BCUT2D eigenvalue weighted by molar-refractivity contribution is 9.10. The predicted molar refractivity (Wildman–Crippen MR) is 108 cm³/mol. The van der Waals surface area contributed by atoms with E-state index in [4.69, 9.17) is 0 Å². The van der Waals surface area contributed by atoms with Crippen LogP contribution in [0.4, 0.5) is 14.5 Å². The van der Waals surface area contributed by atoms with Crippen LogP contribution in [0.15, 0.2) is 47.1 Å². The lowest BCUT2D eigenvalue weighted by molar-refractivity contribution is 0.0167. The Kier molecular flexibility index (Phi) is 4.77. The summed E-state index contributed by atoms with van der Waals surface area (Å²) in [6.07, 6.45) is 8.17. The van der Waals surface area contributed by atoms with Crippen LogP contribution in [0.1, 0.15) is 56.7 Å². The quantitative estimate of drug-likeness (QED) is 0.568. The van der Waals surface area contributed by atoms with Gasteiger partial charge >= 0.3 is 0 Å². The van der Waals surface area contributed by atoms with Gasteiger partial charge in [0.05, 0.1) is 0 Å². The zero-order chi connectivity index (χ0) is 19.1. The van der Waals surface area contributed by atoms with Gasteiger partial charge in [0.1, 0.15) is 0 Å². The summed E-state index contributed by atoms with van der Waals surface area (Å²) in [5.74, 6) is -2.82. The summed E-state index contributed by atoms with van der Waals surface area (Å²) in [4.78, 5) is 4.46. The molecule has 27 heavy (non-hydrogen) atoms. The molecule has 2 nitrogen and oxygen atoms in total. The van der Waals surface area contributed by atoms with Gasteiger partial charge in [0.2, 0.25) is 0 Å². The van der Waals surface area contributed by atoms with Gasteiger partial charge in [-0.3, -0.25) is 4.98 Å². The van der Waals surface area contributed by atoms with Gasteiger partial charge < -0.3 is 5.32 Å². The minimum absolute atomic E-state index is 0.00170. The second kappa shape index (κ2) is 6.84. The fraction of sp³-hybridized carbons (Fsp3) is 0.500. The minimum atomic E-state index is -2.82. The van der Waals surface area contributed by atoms with E-state index in [1.54, 1.807) is 6.07 Å². The highest BCUT2D eigenvalue weighted by Crippen LogP contribution is 2.57. The lowest BCUT2D eigenvalue weighted by Gasteiger charge is -2.53. The molecule has 0 atom stereocenters. The van der Waals surface area contributed by atoms with Gasteiger partial charge in [-0.25, -0.2) is 8.78 Å². The Bertz CT molecular complexity index is 789. The van der Waals surface area contributed by atoms with Crippen LogP contribution in [0.3, 0.4) is 0 Å². The standard InChI is InChI=1S/C22H25BrF2N2/c1-20(24,25)16-5-6-19(26-14-16)22-10-7-21(8-11-22,9-12-22)15-27-18-4-2-3-17(23)13-18/h2-6,13-14,27H,7-12,15H2,1H3. The number of fused-ring (bicyclic) bond motifs is 3. The van der Waals surface area contributed by atoms with Gasteiger partial charge in [0.15, 0.2) is 0 Å². The second-order valence-electron chi connectivity index (χ2n) is 8.46. The van der Waals surface area contributed by atoms with Crippen LogP contribution in [-0.2, 0) is 11.3 Å². The molecule has 2 aromatic rings. The average Bonchev–Trinajstić information content (AvgIpc) is 2.68. The maximum absolute atomic E-state index is 13.5. The highest BCUT2D eigenvalue weighted by atomic mass is 79.9. The molecule has 3 aliphatic carbocycles. The first kappa shape index (κ1) is 18.9. The van der Waals surface area contributed by atoms with E-state index in [0.717, 1.165) is 48.6 Å². The van der Waals surface area contributed by atoms with E-state index in [1.165, 1.54) is 25.5 Å². The largest absolute Gasteiger partial charge is 0.384 e. The van der Waals surface area contributed by atoms with E-state index in [2.05, 4.69) is 38.4 Å². The van der Waals surface area contributed by atoms with Crippen LogP contribution >= 0.6 is 15.9 Å². The van der Waals surface area contributed by atoms with Crippen molar-refractivity contribution in [1.29, 1.82) is 0 Å².